The third-order valence-corrected chi connectivity index (χ3v) is 3.31. The number of amides is 2. The molecule has 0 aromatic heterocycles. The van der Waals surface area contributed by atoms with Gasteiger partial charge in [0.25, 0.3) is 5.91 Å². The van der Waals surface area contributed by atoms with Crippen molar-refractivity contribution in [1.29, 1.82) is 0 Å². The highest BCUT2D eigenvalue weighted by Crippen LogP contribution is 2.18. The molecule has 18 heavy (non-hydrogen) atoms. The fourth-order valence-electron chi connectivity index (χ4n) is 2.30. The summed E-state index contributed by atoms with van der Waals surface area (Å²) < 4.78 is 0. The molecule has 1 aliphatic rings. The fourth-order valence-corrected chi connectivity index (χ4v) is 2.30. The number of carbonyl (C=O) groups is 2. The fraction of sp³-hybridized carbons (Fsp3) is 0.429. The van der Waals surface area contributed by atoms with Crippen LogP contribution in [-0.2, 0) is 4.79 Å². The highest BCUT2D eigenvalue weighted by molar-refractivity contribution is 5.94. The van der Waals surface area contributed by atoms with Crippen molar-refractivity contribution >= 4 is 18.0 Å². The van der Waals surface area contributed by atoms with Crippen molar-refractivity contribution in [2.75, 3.05) is 5.32 Å². The highest BCUT2D eigenvalue weighted by atomic mass is 16.1. The van der Waals surface area contributed by atoms with Crippen LogP contribution in [0.4, 0.5) is 5.69 Å². The molecule has 2 N–H and O–H groups in total. The Hall–Kier alpha value is -1.84. The van der Waals surface area contributed by atoms with Gasteiger partial charge in [-0.1, -0.05) is 19.3 Å². The summed E-state index contributed by atoms with van der Waals surface area (Å²) in [6.45, 7) is 0. The lowest BCUT2D eigenvalue weighted by Crippen LogP contribution is -2.36. The molecule has 0 heterocycles. The molecule has 1 fully saturated rings. The van der Waals surface area contributed by atoms with Crippen LogP contribution in [0.5, 0.6) is 0 Å². The van der Waals surface area contributed by atoms with Crippen LogP contribution < -0.4 is 10.6 Å². The number of benzene rings is 1. The summed E-state index contributed by atoms with van der Waals surface area (Å²) in [4.78, 5) is 22.2. The Balaban J connectivity index is 1.93. The van der Waals surface area contributed by atoms with Crippen molar-refractivity contribution in [2.24, 2.45) is 0 Å². The molecule has 0 saturated heterocycles. The van der Waals surface area contributed by atoms with E-state index in [2.05, 4.69) is 10.6 Å². The Morgan fingerprint density at radius 2 is 1.78 bits per heavy atom. The normalized spacial score (nSPS) is 16.0. The minimum atomic E-state index is -0.0282. The van der Waals surface area contributed by atoms with Crippen molar-refractivity contribution in [2.45, 2.75) is 38.1 Å². The highest BCUT2D eigenvalue weighted by Gasteiger charge is 2.16. The van der Waals surface area contributed by atoms with Crippen LogP contribution in [-0.4, -0.2) is 18.4 Å². The average Bonchev–Trinajstić information content (AvgIpc) is 2.41. The van der Waals surface area contributed by atoms with Gasteiger partial charge in [-0.25, -0.2) is 0 Å². The Morgan fingerprint density at radius 1 is 1.11 bits per heavy atom. The molecule has 96 valence electrons. The zero-order valence-corrected chi connectivity index (χ0v) is 10.3. The van der Waals surface area contributed by atoms with Gasteiger partial charge in [0.1, 0.15) is 0 Å². The van der Waals surface area contributed by atoms with E-state index in [-0.39, 0.29) is 5.91 Å². The Labute approximate surface area is 107 Å². The maximum atomic E-state index is 12.0. The van der Waals surface area contributed by atoms with Gasteiger partial charge in [0, 0.05) is 17.3 Å². The van der Waals surface area contributed by atoms with Gasteiger partial charge in [0.2, 0.25) is 6.41 Å². The van der Waals surface area contributed by atoms with Gasteiger partial charge in [0.05, 0.1) is 0 Å². The number of carbonyl (C=O) groups excluding carboxylic acids is 2. The van der Waals surface area contributed by atoms with E-state index in [0.717, 1.165) is 12.8 Å². The molecule has 0 radical (unpaired) electrons. The first-order chi connectivity index (χ1) is 8.79. The van der Waals surface area contributed by atoms with Gasteiger partial charge in [-0.15, -0.1) is 0 Å². The third-order valence-electron chi connectivity index (χ3n) is 3.31. The second-order valence-electron chi connectivity index (χ2n) is 4.65. The second-order valence-corrected chi connectivity index (χ2v) is 4.65. The van der Waals surface area contributed by atoms with Crippen LogP contribution in [0.15, 0.2) is 24.3 Å². The van der Waals surface area contributed by atoms with E-state index in [1.54, 1.807) is 24.3 Å². The molecule has 0 atom stereocenters. The smallest absolute Gasteiger partial charge is 0.251 e. The summed E-state index contributed by atoms with van der Waals surface area (Å²) in [7, 11) is 0. The van der Waals surface area contributed by atoms with Gasteiger partial charge in [-0.2, -0.15) is 0 Å². The quantitative estimate of drug-likeness (QED) is 0.801. The van der Waals surface area contributed by atoms with Crippen LogP contribution in [0, 0.1) is 0 Å². The summed E-state index contributed by atoms with van der Waals surface area (Å²) >= 11 is 0. The summed E-state index contributed by atoms with van der Waals surface area (Å²) in [6, 6.07) is 7.22. The van der Waals surface area contributed by atoms with Crippen LogP contribution in [0.25, 0.3) is 0 Å². The maximum Gasteiger partial charge on any atom is 0.251 e. The Morgan fingerprint density at radius 3 is 2.39 bits per heavy atom. The van der Waals surface area contributed by atoms with Crippen molar-refractivity contribution in [3.63, 3.8) is 0 Å². The van der Waals surface area contributed by atoms with Crippen molar-refractivity contribution in [3.8, 4) is 0 Å². The molecule has 1 saturated carbocycles. The Kier molecular flexibility index (Phi) is 4.34. The largest absolute Gasteiger partial charge is 0.349 e. The van der Waals surface area contributed by atoms with E-state index < -0.39 is 0 Å². The van der Waals surface area contributed by atoms with Gasteiger partial charge in [0.15, 0.2) is 0 Å². The SMILES string of the molecule is O=CNc1ccc(C(=O)NC2CCCCC2)cc1. The monoisotopic (exact) mass is 246 g/mol. The summed E-state index contributed by atoms with van der Waals surface area (Å²) in [5, 5.41) is 5.60. The molecule has 1 aliphatic carbocycles. The minimum absolute atomic E-state index is 0.0282. The molecular weight excluding hydrogens is 228 g/mol. The third kappa shape index (κ3) is 3.32. The van der Waals surface area contributed by atoms with E-state index in [0.29, 0.717) is 23.7 Å². The first-order valence-electron chi connectivity index (χ1n) is 6.41. The lowest BCUT2D eigenvalue weighted by molar-refractivity contribution is -0.105. The maximum absolute atomic E-state index is 12.0. The second kappa shape index (κ2) is 6.19. The molecule has 4 heteroatoms. The van der Waals surface area contributed by atoms with Gasteiger partial charge >= 0.3 is 0 Å². The van der Waals surface area contributed by atoms with Crippen molar-refractivity contribution in [3.05, 3.63) is 29.8 Å². The summed E-state index contributed by atoms with van der Waals surface area (Å²) in [5.74, 6) is -0.0282. The van der Waals surface area contributed by atoms with Crippen LogP contribution in [0.3, 0.4) is 0 Å². The zero-order valence-electron chi connectivity index (χ0n) is 10.3. The first-order valence-corrected chi connectivity index (χ1v) is 6.41. The van der Waals surface area contributed by atoms with Gasteiger partial charge in [-0.3, -0.25) is 9.59 Å². The molecule has 2 amide bonds. The molecule has 0 unspecified atom stereocenters. The molecule has 2 rings (SSSR count). The van der Waals surface area contributed by atoms with E-state index in [1.165, 1.54) is 19.3 Å². The summed E-state index contributed by atoms with van der Waals surface area (Å²) in [6.07, 6.45) is 6.46. The number of nitrogens with one attached hydrogen (secondary N) is 2. The minimum Gasteiger partial charge on any atom is -0.349 e. The van der Waals surface area contributed by atoms with Crippen LogP contribution in [0.2, 0.25) is 0 Å². The van der Waals surface area contributed by atoms with Gasteiger partial charge < -0.3 is 10.6 Å². The van der Waals surface area contributed by atoms with Crippen LogP contribution in [0.1, 0.15) is 42.5 Å². The van der Waals surface area contributed by atoms with E-state index in [1.807, 2.05) is 0 Å². The van der Waals surface area contributed by atoms with E-state index in [4.69, 9.17) is 0 Å². The molecule has 0 spiro atoms. The molecule has 4 nitrogen and oxygen atoms in total. The molecular formula is C14H18N2O2. The number of hydrogen-bond donors (Lipinski definition) is 2. The molecule has 0 bridgehead atoms. The zero-order chi connectivity index (χ0) is 12.8. The average molecular weight is 246 g/mol. The van der Waals surface area contributed by atoms with E-state index >= 15 is 0 Å². The number of hydrogen-bond acceptors (Lipinski definition) is 2. The lowest BCUT2D eigenvalue weighted by Gasteiger charge is -2.22. The van der Waals surface area contributed by atoms with Gasteiger partial charge in [-0.05, 0) is 37.1 Å². The standard InChI is InChI=1S/C14H18N2O2/c17-10-15-12-8-6-11(7-9-12)14(18)16-13-4-2-1-3-5-13/h6-10,13H,1-5H2,(H,15,17)(H,16,18). The topological polar surface area (TPSA) is 58.2 Å². The predicted molar refractivity (Wildman–Crippen MR) is 70.5 cm³/mol. The lowest BCUT2D eigenvalue weighted by atomic mass is 9.95. The predicted octanol–water partition coefficient (Wildman–Crippen LogP) is 2.32. The number of anilines is 1. The molecule has 1 aromatic rings. The van der Waals surface area contributed by atoms with Crippen LogP contribution >= 0.6 is 0 Å². The van der Waals surface area contributed by atoms with Crippen molar-refractivity contribution in [1.82, 2.24) is 5.32 Å². The van der Waals surface area contributed by atoms with Crippen molar-refractivity contribution < 1.29 is 9.59 Å². The molecule has 0 aliphatic heterocycles. The number of rotatable bonds is 4. The summed E-state index contributed by atoms with van der Waals surface area (Å²) in [5.41, 5.74) is 1.33. The molecule has 1 aromatic carbocycles. The van der Waals surface area contributed by atoms with E-state index in [9.17, 15) is 9.59 Å². The Bertz CT molecular complexity index is 408. The first kappa shape index (κ1) is 12.6.